The van der Waals surface area contributed by atoms with Gasteiger partial charge in [-0.05, 0) is 50.9 Å². The van der Waals surface area contributed by atoms with Gasteiger partial charge >= 0.3 is 0 Å². The van der Waals surface area contributed by atoms with Crippen LogP contribution < -0.4 is 0 Å². The van der Waals surface area contributed by atoms with Crippen molar-refractivity contribution in [2.75, 3.05) is 20.7 Å². The molecular formula is C25H39ClN2O4. The van der Waals surface area contributed by atoms with Crippen LogP contribution in [0.5, 0.6) is 0 Å². The lowest BCUT2D eigenvalue weighted by molar-refractivity contribution is -0.140. The third kappa shape index (κ3) is 8.45. The van der Waals surface area contributed by atoms with Crippen LogP contribution in [0.25, 0.3) is 0 Å². The molecule has 6 nitrogen and oxygen atoms in total. The second kappa shape index (κ2) is 13.5. The number of carbonyl (C=O) groups is 3. The maximum absolute atomic E-state index is 13.1. The van der Waals surface area contributed by atoms with Crippen LogP contribution in [0.1, 0.15) is 66.7 Å². The van der Waals surface area contributed by atoms with E-state index >= 15 is 0 Å². The van der Waals surface area contributed by atoms with E-state index < -0.39 is 0 Å². The Morgan fingerprint density at radius 3 is 2.44 bits per heavy atom. The highest BCUT2D eigenvalue weighted by Gasteiger charge is 2.38. The minimum absolute atomic E-state index is 0.0558. The lowest BCUT2D eigenvalue weighted by atomic mass is 9.97. The van der Waals surface area contributed by atoms with Gasteiger partial charge in [0.15, 0.2) is 0 Å². The topological polar surface area (TPSA) is 66.9 Å². The number of amides is 3. The molecule has 0 N–H and O–H groups in total. The molecule has 0 saturated heterocycles. The van der Waals surface area contributed by atoms with E-state index in [1.165, 1.54) is 18.1 Å². The Morgan fingerprint density at radius 2 is 1.91 bits per heavy atom. The smallest absolute Gasteiger partial charge is 0.257 e. The first-order valence-corrected chi connectivity index (χ1v) is 11.8. The second-order valence-electron chi connectivity index (χ2n) is 9.09. The van der Waals surface area contributed by atoms with Crippen LogP contribution in [0.2, 0.25) is 0 Å². The van der Waals surface area contributed by atoms with Gasteiger partial charge in [-0.3, -0.25) is 19.3 Å². The normalized spacial score (nSPS) is 18.2. The summed E-state index contributed by atoms with van der Waals surface area (Å²) in [4.78, 5) is 39.9. The Bertz CT molecular complexity index is 770. The van der Waals surface area contributed by atoms with Gasteiger partial charge in [-0.1, -0.05) is 44.0 Å². The maximum atomic E-state index is 13.1. The Balaban J connectivity index is 2.69. The van der Waals surface area contributed by atoms with E-state index in [1.807, 2.05) is 6.08 Å². The van der Waals surface area contributed by atoms with Crippen LogP contribution in [-0.4, -0.2) is 54.3 Å². The van der Waals surface area contributed by atoms with Gasteiger partial charge in [-0.15, -0.1) is 0 Å². The highest BCUT2D eigenvalue weighted by Crippen LogP contribution is 2.28. The number of methoxy groups -OCH3 is 1. The zero-order chi connectivity index (χ0) is 24.4. The van der Waals surface area contributed by atoms with E-state index in [4.69, 9.17) is 16.3 Å². The number of imide groups is 1. The molecule has 0 saturated carbocycles. The Labute approximate surface area is 198 Å². The molecule has 0 fully saturated rings. The van der Waals surface area contributed by atoms with E-state index in [2.05, 4.69) is 20.8 Å². The summed E-state index contributed by atoms with van der Waals surface area (Å²) in [6, 6.07) is -0.349. The van der Waals surface area contributed by atoms with Crippen LogP contribution in [0.3, 0.4) is 0 Å². The number of carbonyl (C=O) groups excluding carboxylic acids is 3. The van der Waals surface area contributed by atoms with Gasteiger partial charge in [-0.2, -0.15) is 0 Å². The summed E-state index contributed by atoms with van der Waals surface area (Å²) in [5.74, 6) is 0.489. The van der Waals surface area contributed by atoms with Crippen molar-refractivity contribution in [3.63, 3.8) is 0 Å². The Hall–Kier alpha value is -2.08. The number of hydrogen-bond donors (Lipinski definition) is 0. The minimum Gasteiger partial charge on any atom is -0.499 e. The number of halogens is 1. The van der Waals surface area contributed by atoms with Crippen molar-refractivity contribution in [2.24, 2.45) is 11.8 Å². The van der Waals surface area contributed by atoms with Crippen molar-refractivity contribution in [1.29, 1.82) is 0 Å². The number of nitrogens with zero attached hydrogens (tertiary/aromatic N) is 2. The van der Waals surface area contributed by atoms with Crippen molar-refractivity contribution in [1.82, 2.24) is 9.80 Å². The summed E-state index contributed by atoms with van der Waals surface area (Å²) < 4.78 is 5.36. The molecule has 0 radical (unpaired) electrons. The molecule has 0 aromatic rings. The SMILES string of the molecule is COC1=CC(=O)N(C(=O)/C(C)=C/[C@H](C)CC/C(=C/Cl)CCCN(C)C(C)=O)C1CC(C)C. The van der Waals surface area contributed by atoms with E-state index in [1.54, 1.807) is 31.3 Å². The lowest BCUT2D eigenvalue weighted by Crippen LogP contribution is -2.41. The molecule has 3 amide bonds. The van der Waals surface area contributed by atoms with Gasteiger partial charge in [0.2, 0.25) is 5.91 Å². The highest BCUT2D eigenvalue weighted by atomic mass is 35.5. The molecule has 1 rings (SSSR count). The van der Waals surface area contributed by atoms with Gasteiger partial charge in [0.05, 0.1) is 13.2 Å². The molecule has 2 atom stereocenters. The van der Waals surface area contributed by atoms with Crippen LogP contribution in [-0.2, 0) is 19.1 Å². The summed E-state index contributed by atoms with van der Waals surface area (Å²) >= 11 is 6.00. The van der Waals surface area contributed by atoms with Crippen LogP contribution in [0.4, 0.5) is 0 Å². The van der Waals surface area contributed by atoms with Gasteiger partial charge < -0.3 is 9.64 Å². The predicted octanol–water partition coefficient (Wildman–Crippen LogP) is 5.04. The van der Waals surface area contributed by atoms with Gasteiger partial charge in [0, 0.05) is 37.7 Å². The van der Waals surface area contributed by atoms with Crippen LogP contribution in [0.15, 0.2) is 34.6 Å². The fourth-order valence-corrected chi connectivity index (χ4v) is 4.01. The van der Waals surface area contributed by atoms with E-state index in [9.17, 15) is 14.4 Å². The monoisotopic (exact) mass is 466 g/mol. The number of allylic oxidation sites excluding steroid dienone is 2. The molecule has 32 heavy (non-hydrogen) atoms. The van der Waals surface area contributed by atoms with E-state index in [0.29, 0.717) is 30.2 Å². The zero-order valence-corrected chi connectivity index (χ0v) is 21.4. The first-order chi connectivity index (χ1) is 15.0. The summed E-state index contributed by atoms with van der Waals surface area (Å²) in [7, 11) is 3.33. The average Bonchev–Trinajstić information content (AvgIpc) is 3.03. The zero-order valence-electron chi connectivity index (χ0n) is 20.6. The maximum Gasteiger partial charge on any atom is 0.257 e. The number of rotatable bonds is 12. The molecular weight excluding hydrogens is 428 g/mol. The average molecular weight is 467 g/mol. The van der Waals surface area contributed by atoms with Crippen LogP contribution >= 0.6 is 11.6 Å². The van der Waals surface area contributed by atoms with Crippen molar-refractivity contribution >= 4 is 29.3 Å². The van der Waals surface area contributed by atoms with Gasteiger partial charge in [-0.25, -0.2) is 0 Å². The fourth-order valence-electron chi connectivity index (χ4n) is 3.79. The quantitative estimate of drug-likeness (QED) is 0.378. The molecule has 1 unspecified atom stereocenters. The van der Waals surface area contributed by atoms with E-state index in [-0.39, 0.29) is 29.7 Å². The lowest BCUT2D eigenvalue weighted by Gasteiger charge is -2.26. The largest absolute Gasteiger partial charge is 0.499 e. The molecule has 180 valence electrons. The van der Waals surface area contributed by atoms with Crippen LogP contribution in [0, 0.1) is 11.8 Å². The van der Waals surface area contributed by atoms with Crippen molar-refractivity contribution in [3.05, 3.63) is 34.6 Å². The summed E-state index contributed by atoms with van der Waals surface area (Å²) in [6.07, 6.45) is 7.38. The first kappa shape index (κ1) is 28.0. The molecule has 1 aliphatic heterocycles. The fraction of sp³-hybridized carbons (Fsp3) is 0.640. The van der Waals surface area contributed by atoms with Crippen molar-refractivity contribution < 1.29 is 19.1 Å². The summed E-state index contributed by atoms with van der Waals surface area (Å²) in [5.41, 5.74) is 3.32. The Morgan fingerprint density at radius 1 is 1.25 bits per heavy atom. The van der Waals surface area contributed by atoms with Gasteiger partial charge in [0.25, 0.3) is 11.8 Å². The van der Waals surface area contributed by atoms with Crippen molar-refractivity contribution in [3.8, 4) is 0 Å². The third-order valence-corrected chi connectivity index (χ3v) is 6.08. The highest BCUT2D eigenvalue weighted by molar-refractivity contribution is 6.25. The second-order valence-corrected chi connectivity index (χ2v) is 9.30. The standard InChI is InChI=1S/C25H39ClN2O4/c1-17(2)13-22-23(32-7)15-24(30)28(22)25(31)19(4)14-18(3)10-11-21(16-26)9-8-12-27(6)20(5)29/h14-18,22H,8-13H2,1-7H3/b19-14+,21-16+/t18-,22?/m1/s1. The Kier molecular flexibility index (Phi) is 11.8. The van der Waals surface area contributed by atoms with E-state index in [0.717, 1.165) is 31.3 Å². The molecule has 0 spiro atoms. The molecule has 0 aromatic carbocycles. The number of hydrogen-bond acceptors (Lipinski definition) is 4. The summed E-state index contributed by atoms with van der Waals surface area (Å²) in [6.45, 7) is 10.2. The molecule has 0 aromatic heterocycles. The number of ether oxygens (including phenoxy) is 1. The third-order valence-electron chi connectivity index (χ3n) is 5.77. The van der Waals surface area contributed by atoms with Crippen molar-refractivity contribution in [2.45, 2.75) is 72.8 Å². The summed E-state index contributed by atoms with van der Waals surface area (Å²) in [5, 5.41) is 0. The molecule has 1 aliphatic rings. The minimum atomic E-state index is -0.349. The molecule has 0 bridgehead atoms. The van der Waals surface area contributed by atoms with Gasteiger partial charge in [0.1, 0.15) is 5.76 Å². The molecule has 1 heterocycles. The predicted molar refractivity (Wildman–Crippen MR) is 129 cm³/mol. The molecule has 0 aliphatic carbocycles. The first-order valence-electron chi connectivity index (χ1n) is 11.3. The molecule has 7 heteroatoms.